The lowest BCUT2D eigenvalue weighted by Gasteiger charge is -2.36. The molecule has 0 saturated heterocycles. The van der Waals surface area contributed by atoms with Gasteiger partial charge in [-0.15, -0.1) is 0 Å². The molecule has 11 heteroatoms. The fourth-order valence-electron chi connectivity index (χ4n) is 3.52. The lowest BCUT2D eigenvalue weighted by Crippen LogP contribution is -2.47. The molecule has 10 nitrogen and oxygen atoms in total. The second-order valence-electron chi connectivity index (χ2n) is 7.27. The molecule has 1 aromatic carbocycles. The molecule has 0 aliphatic carbocycles. The van der Waals surface area contributed by atoms with Gasteiger partial charge in [0.15, 0.2) is 11.4 Å². The van der Waals surface area contributed by atoms with Crippen LogP contribution in [0.15, 0.2) is 41.3 Å². The van der Waals surface area contributed by atoms with Gasteiger partial charge in [0.25, 0.3) is 11.8 Å². The zero-order chi connectivity index (χ0) is 22.8. The number of benzene rings is 1. The van der Waals surface area contributed by atoms with Crippen molar-refractivity contribution >= 4 is 21.8 Å². The summed E-state index contributed by atoms with van der Waals surface area (Å²) in [5.41, 5.74) is -0.986. The number of pyridine rings is 1. The van der Waals surface area contributed by atoms with E-state index in [1.165, 1.54) is 16.6 Å². The number of nitrogens with one attached hydrogen (secondary N) is 1. The van der Waals surface area contributed by atoms with Crippen molar-refractivity contribution in [3.05, 3.63) is 63.6 Å². The van der Waals surface area contributed by atoms with Crippen molar-refractivity contribution < 1.29 is 27.9 Å². The largest absolute Gasteiger partial charge is 0.503 e. The van der Waals surface area contributed by atoms with Gasteiger partial charge in [-0.05, 0) is 12.0 Å². The average Bonchev–Trinajstić information content (AvgIpc) is 2.70. The van der Waals surface area contributed by atoms with Gasteiger partial charge < -0.3 is 19.3 Å². The monoisotopic (exact) mass is 449 g/mol. The highest BCUT2D eigenvalue weighted by Crippen LogP contribution is 2.28. The highest BCUT2D eigenvalue weighted by atomic mass is 32.2. The molecule has 0 spiro atoms. The van der Waals surface area contributed by atoms with Crippen molar-refractivity contribution in [3.8, 4) is 5.75 Å². The fraction of sp³-hybridized carbons (Fsp3) is 0.350. The number of aromatic nitrogens is 1. The number of nitrogens with zero attached hydrogens (tertiary/aromatic N) is 2. The molecule has 0 saturated carbocycles. The minimum Gasteiger partial charge on any atom is -0.503 e. The van der Waals surface area contributed by atoms with Crippen LogP contribution in [0.25, 0.3) is 0 Å². The molecule has 31 heavy (non-hydrogen) atoms. The standard InChI is InChI=1S/C20H23N3O7S/c1-30-9-8-22-11-14(10-13-6-4-3-5-7-13)23-12-15(19(26)21-31(2,28)29)17(24)18(25)16(23)20(22)27/h3-7,12,14,25H,8-11H2,1-2H3,(H,21,26)/t14-/m0/s1. The minimum absolute atomic E-state index is 0.246. The predicted molar refractivity (Wildman–Crippen MR) is 112 cm³/mol. The molecule has 0 radical (unpaired) electrons. The van der Waals surface area contributed by atoms with Crippen LogP contribution in [-0.2, 0) is 21.2 Å². The van der Waals surface area contributed by atoms with E-state index in [-0.39, 0.29) is 25.4 Å². The summed E-state index contributed by atoms with van der Waals surface area (Å²) < 4.78 is 31.0. The Morgan fingerprint density at radius 1 is 1.26 bits per heavy atom. The predicted octanol–water partition coefficient (Wildman–Crippen LogP) is 0.129. The molecule has 2 amide bonds. The zero-order valence-corrected chi connectivity index (χ0v) is 17.9. The van der Waals surface area contributed by atoms with Crippen LogP contribution in [0, 0.1) is 0 Å². The lowest BCUT2D eigenvalue weighted by atomic mass is 10.0. The number of hydrogen-bond donors (Lipinski definition) is 2. The van der Waals surface area contributed by atoms with Gasteiger partial charge in [0.2, 0.25) is 15.5 Å². The molecule has 0 unspecified atom stereocenters. The molecule has 2 aromatic rings. The van der Waals surface area contributed by atoms with Crippen molar-refractivity contribution in [1.29, 1.82) is 0 Å². The number of carbonyl (C=O) groups is 2. The topological polar surface area (TPSA) is 135 Å². The maximum Gasteiger partial charge on any atom is 0.274 e. The quantitative estimate of drug-likeness (QED) is 0.613. The summed E-state index contributed by atoms with van der Waals surface area (Å²) in [6.07, 6.45) is 2.35. The molecule has 3 rings (SSSR count). The maximum atomic E-state index is 13.0. The van der Waals surface area contributed by atoms with Crippen LogP contribution >= 0.6 is 0 Å². The Bertz CT molecular complexity index is 1160. The van der Waals surface area contributed by atoms with E-state index in [1.807, 2.05) is 30.3 Å². The number of sulfonamides is 1. The molecule has 166 valence electrons. The smallest absolute Gasteiger partial charge is 0.274 e. The summed E-state index contributed by atoms with van der Waals surface area (Å²) in [6, 6.07) is 8.97. The second-order valence-corrected chi connectivity index (χ2v) is 9.02. The van der Waals surface area contributed by atoms with Gasteiger partial charge in [-0.2, -0.15) is 0 Å². The third kappa shape index (κ3) is 4.94. The van der Waals surface area contributed by atoms with Gasteiger partial charge in [0, 0.05) is 26.4 Å². The third-order valence-electron chi connectivity index (χ3n) is 4.93. The summed E-state index contributed by atoms with van der Waals surface area (Å²) in [5, 5.41) is 10.5. The lowest BCUT2D eigenvalue weighted by molar-refractivity contribution is 0.0591. The number of hydrogen-bond acceptors (Lipinski definition) is 7. The van der Waals surface area contributed by atoms with Crippen LogP contribution in [0.3, 0.4) is 0 Å². The van der Waals surface area contributed by atoms with E-state index < -0.39 is 44.6 Å². The Morgan fingerprint density at radius 3 is 2.55 bits per heavy atom. The van der Waals surface area contributed by atoms with E-state index in [9.17, 15) is 27.9 Å². The van der Waals surface area contributed by atoms with Crippen LogP contribution in [0.1, 0.15) is 32.5 Å². The number of carbonyl (C=O) groups excluding carboxylic acids is 2. The Morgan fingerprint density at radius 2 is 1.94 bits per heavy atom. The molecule has 1 aliphatic heterocycles. The minimum atomic E-state index is -3.93. The van der Waals surface area contributed by atoms with Crippen molar-refractivity contribution in [2.75, 3.05) is 33.1 Å². The number of ether oxygens (including phenoxy) is 1. The number of amides is 2. The molecule has 1 atom stereocenters. The van der Waals surface area contributed by atoms with Crippen LogP contribution in [-0.4, -0.2) is 67.9 Å². The van der Waals surface area contributed by atoms with Gasteiger partial charge in [-0.1, -0.05) is 30.3 Å². The van der Waals surface area contributed by atoms with E-state index in [4.69, 9.17) is 4.74 Å². The first-order valence-electron chi connectivity index (χ1n) is 9.44. The summed E-state index contributed by atoms with van der Waals surface area (Å²) in [7, 11) is -2.43. The van der Waals surface area contributed by atoms with Gasteiger partial charge >= 0.3 is 0 Å². The molecular weight excluding hydrogens is 426 g/mol. The molecule has 1 aromatic heterocycles. The zero-order valence-electron chi connectivity index (χ0n) is 17.1. The number of aromatic hydroxyl groups is 1. The highest BCUT2D eigenvalue weighted by Gasteiger charge is 2.35. The number of methoxy groups -OCH3 is 1. The summed E-state index contributed by atoms with van der Waals surface area (Å²) in [4.78, 5) is 39.4. The van der Waals surface area contributed by atoms with Crippen molar-refractivity contribution in [1.82, 2.24) is 14.2 Å². The average molecular weight is 449 g/mol. The van der Waals surface area contributed by atoms with Gasteiger partial charge in [-0.3, -0.25) is 14.4 Å². The van der Waals surface area contributed by atoms with E-state index >= 15 is 0 Å². The molecule has 0 bridgehead atoms. The van der Waals surface area contributed by atoms with Crippen LogP contribution in [0.2, 0.25) is 0 Å². The van der Waals surface area contributed by atoms with Crippen molar-refractivity contribution in [2.24, 2.45) is 0 Å². The normalized spacial score (nSPS) is 16.1. The van der Waals surface area contributed by atoms with E-state index in [0.717, 1.165) is 18.0 Å². The fourth-order valence-corrected chi connectivity index (χ4v) is 3.97. The molecule has 1 aliphatic rings. The highest BCUT2D eigenvalue weighted by molar-refractivity contribution is 7.89. The van der Waals surface area contributed by atoms with Crippen molar-refractivity contribution in [3.63, 3.8) is 0 Å². The van der Waals surface area contributed by atoms with Crippen molar-refractivity contribution in [2.45, 2.75) is 12.5 Å². The van der Waals surface area contributed by atoms with E-state index in [1.54, 1.807) is 4.72 Å². The SMILES string of the molecule is COCCN1C[C@H](Cc2ccccc2)n2cc(C(=O)NS(C)(=O)=O)c(=O)c(O)c2C1=O. The van der Waals surface area contributed by atoms with Crippen LogP contribution in [0.4, 0.5) is 0 Å². The molecule has 2 N–H and O–H groups in total. The first kappa shape index (κ1) is 22.5. The Hall–Kier alpha value is -3.18. The molecular formula is C20H23N3O7S. The van der Waals surface area contributed by atoms with E-state index in [2.05, 4.69) is 0 Å². The van der Waals surface area contributed by atoms with Crippen LogP contribution in [0.5, 0.6) is 5.75 Å². The maximum absolute atomic E-state index is 13.0. The molecule has 2 heterocycles. The van der Waals surface area contributed by atoms with Gasteiger partial charge in [-0.25, -0.2) is 13.1 Å². The summed E-state index contributed by atoms with van der Waals surface area (Å²) in [5.74, 6) is -2.65. The Balaban J connectivity index is 2.12. The third-order valence-corrected chi connectivity index (χ3v) is 5.48. The van der Waals surface area contributed by atoms with Gasteiger partial charge in [0.1, 0.15) is 5.56 Å². The number of fused-ring (bicyclic) bond motifs is 1. The number of rotatable bonds is 7. The Kier molecular flexibility index (Phi) is 6.46. The first-order valence-corrected chi connectivity index (χ1v) is 11.3. The van der Waals surface area contributed by atoms with Crippen LogP contribution < -0.4 is 10.2 Å². The van der Waals surface area contributed by atoms with Gasteiger partial charge in [0.05, 0.1) is 18.9 Å². The first-order chi connectivity index (χ1) is 14.6. The second kappa shape index (κ2) is 8.90. The Labute approximate surface area is 179 Å². The van der Waals surface area contributed by atoms with E-state index in [0.29, 0.717) is 6.42 Å². The summed E-state index contributed by atoms with van der Waals surface area (Å²) in [6.45, 7) is 0.772. The summed E-state index contributed by atoms with van der Waals surface area (Å²) >= 11 is 0. The molecule has 0 fully saturated rings.